The summed E-state index contributed by atoms with van der Waals surface area (Å²) in [5, 5.41) is 5.85. The lowest BCUT2D eigenvalue weighted by atomic mass is 9.89. The number of likely N-dealkylation sites (tertiary alicyclic amines) is 1. The van der Waals surface area contributed by atoms with Gasteiger partial charge in [-0.15, -0.1) is 16.4 Å². The Kier molecular flexibility index (Phi) is 6.30. The van der Waals surface area contributed by atoms with Crippen LogP contribution in [0.1, 0.15) is 36.8 Å². The number of carbonyl (C=O) groups excluding carboxylic acids is 1. The molecule has 0 unspecified atom stereocenters. The number of amides is 1. The van der Waals surface area contributed by atoms with Gasteiger partial charge in [0.05, 0.1) is 17.7 Å². The zero-order valence-electron chi connectivity index (χ0n) is 18.6. The van der Waals surface area contributed by atoms with Crippen molar-refractivity contribution in [1.82, 2.24) is 14.8 Å². The van der Waals surface area contributed by atoms with Crippen molar-refractivity contribution in [3.8, 4) is 10.6 Å². The molecule has 1 fully saturated rings. The van der Waals surface area contributed by atoms with Crippen molar-refractivity contribution in [3.05, 3.63) is 78.0 Å². The van der Waals surface area contributed by atoms with E-state index in [1.54, 1.807) is 21.1 Å². The normalized spacial score (nSPS) is 14.5. The first kappa shape index (κ1) is 21.5. The van der Waals surface area contributed by atoms with E-state index in [0.29, 0.717) is 32.2 Å². The number of hydrogen-bond donors (Lipinski definition) is 0. The summed E-state index contributed by atoms with van der Waals surface area (Å²) in [5.74, 6) is 0.310. The minimum Gasteiger partial charge on any atom is -0.450 e. The van der Waals surface area contributed by atoms with Crippen LogP contribution in [0, 0.1) is 0 Å². The summed E-state index contributed by atoms with van der Waals surface area (Å²) in [5.41, 5.74) is 3.29. The largest absolute Gasteiger partial charge is 0.450 e. The number of piperidine rings is 1. The van der Waals surface area contributed by atoms with Gasteiger partial charge in [0, 0.05) is 23.4 Å². The van der Waals surface area contributed by atoms with E-state index < -0.39 is 0 Å². The summed E-state index contributed by atoms with van der Waals surface area (Å²) in [4.78, 5) is 22.9. The maximum Gasteiger partial charge on any atom is 0.409 e. The molecule has 4 aromatic rings. The second kappa shape index (κ2) is 9.67. The number of benzene rings is 2. The van der Waals surface area contributed by atoms with Crippen LogP contribution in [0.25, 0.3) is 20.7 Å². The molecule has 0 aliphatic carbocycles. The molecule has 2 aromatic carbocycles. The maximum absolute atomic E-state index is 12.1. The van der Waals surface area contributed by atoms with E-state index in [2.05, 4.69) is 47.6 Å². The molecule has 7 heteroatoms. The van der Waals surface area contributed by atoms with Crippen molar-refractivity contribution in [2.24, 2.45) is 0 Å². The molecule has 1 amide bonds. The predicted octanol–water partition coefficient (Wildman–Crippen LogP) is 5.73. The highest BCUT2D eigenvalue weighted by Gasteiger charge is 2.29. The van der Waals surface area contributed by atoms with Crippen molar-refractivity contribution in [1.29, 1.82) is 0 Å². The predicted molar refractivity (Wildman–Crippen MR) is 130 cm³/mol. The Hall–Kier alpha value is -3.32. The third-order valence-corrected chi connectivity index (χ3v) is 7.21. The van der Waals surface area contributed by atoms with Gasteiger partial charge in [-0.3, -0.25) is 0 Å². The molecule has 33 heavy (non-hydrogen) atoms. The van der Waals surface area contributed by atoms with E-state index in [9.17, 15) is 4.79 Å². The molecule has 0 radical (unpaired) electrons. The Balaban J connectivity index is 1.44. The summed E-state index contributed by atoms with van der Waals surface area (Å²) < 4.78 is 6.42. The molecule has 5 rings (SSSR count). The minimum absolute atomic E-state index is 0.220. The molecule has 0 atom stereocenters. The van der Waals surface area contributed by atoms with Gasteiger partial charge in [0.15, 0.2) is 0 Å². The average molecular weight is 462 g/mol. The second-order valence-corrected chi connectivity index (χ2v) is 9.27. The van der Waals surface area contributed by atoms with E-state index in [1.807, 2.05) is 31.3 Å². The van der Waals surface area contributed by atoms with Gasteiger partial charge in [-0.2, -0.15) is 0 Å². The lowest BCUT2D eigenvalue weighted by Crippen LogP contribution is -2.38. The summed E-state index contributed by atoms with van der Waals surface area (Å²) >= 11 is 1.76. The van der Waals surface area contributed by atoms with Gasteiger partial charge in [0.25, 0.3) is 0 Å². The van der Waals surface area contributed by atoms with Crippen LogP contribution in [0.2, 0.25) is 0 Å². The molecule has 1 aliphatic heterocycles. The minimum atomic E-state index is -0.220. The van der Waals surface area contributed by atoms with Gasteiger partial charge in [0.1, 0.15) is 12.3 Å². The van der Waals surface area contributed by atoms with Crippen LogP contribution >= 0.6 is 11.3 Å². The van der Waals surface area contributed by atoms with E-state index in [0.717, 1.165) is 29.0 Å². The topological polar surface area (TPSA) is 56.6 Å². The van der Waals surface area contributed by atoms with Crippen molar-refractivity contribution in [2.45, 2.75) is 32.3 Å². The van der Waals surface area contributed by atoms with Crippen LogP contribution in [0.3, 0.4) is 0 Å². The molecule has 1 saturated heterocycles. The van der Waals surface area contributed by atoms with E-state index in [1.165, 1.54) is 15.6 Å². The Morgan fingerprint density at radius 2 is 1.85 bits per heavy atom. The fourth-order valence-corrected chi connectivity index (χ4v) is 5.48. The number of rotatable bonds is 6. The van der Waals surface area contributed by atoms with Gasteiger partial charge < -0.3 is 14.5 Å². The SMILES string of the molecule is CCOC(=O)N1CCC(c2cnn(OCc3ccccc3)c2-c2cc3ccccc3s2)CC1. The molecule has 0 bridgehead atoms. The van der Waals surface area contributed by atoms with E-state index in [-0.39, 0.29) is 6.09 Å². The van der Waals surface area contributed by atoms with Gasteiger partial charge >= 0.3 is 6.09 Å². The highest BCUT2D eigenvalue weighted by atomic mass is 32.1. The summed E-state index contributed by atoms with van der Waals surface area (Å²) in [6.45, 7) is 4.06. The van der Waals surface area contributed by atoms with Crippen molar-refractivity contribution < 1.29 is 14.4 Å². The highest BCUT2D eigenvalue weighted by Crippen LogP contribution is 2.40. The fourth-order valence-electron chi connectivity index (χ4n) is 4.37. The van der Waals surface area contributed by atoms with Crippen LogP contribution in [-0.2, 0) is 11.3 Å². The van der Waals surface area contributed by atoms with Crippen molar-refractivity contribution in [2.75, 3.05) is 19.7 Å². The quantitative estimate of drug-likeness (QED) is 0.368. The monoisotopic (exact) mass is 461 g/mol. The van der Waals surface area contributed by atoms with Gasteiger partial charge in [-0.1, -0.05) is 53.4 Å². The first-order chi connectivity index (χ1) is 16.2. The maximum atomic E-state index is 12.1. The molecule has 1 aliphatic rings. The standard InChI is InChI=1S/C26H27N3O3S/c1-2-31-26(30)28-14-12-20(13-15-28)22-17-27-29(32-18-19-8-4-3-5-9-19)25(22)24-16-21-10-6-7-11-23(21)33-24/h3-11,16-17,20H,2,12-15,18H2,1H3. The molecular weight excluding hydrogens is 434 g/mol. The van der Waals surface area contributed by atoms with E-state index >= 15 is 0 Å². The van der Waals surface area contributed by atoms with Crippen LogP contribution in [0.5, 0.6) is 0 Å². The number of fused-ring (bicyclic) bond motifs is 1. The number of ether oxygens (including phenoxy) is 1. The Bertz CT molecular complexity index is 1190. The van der Waals surface area contributed by atoms with Crippen molar-refractivity contribution >= 4 is 27.5 Å². The molecule has 0 N–H and O–H groups in total. The highest BCUT2D eigenvalue weighted by molar-refractivity contribution is 7.22. The second-order valence-electron chi connectivity index (χ2n) is 8.19. The Labute approximate surface area is 197 Å². The number of carbonyl (C=O) groups is 1. The Morgan fingerprint density at radius 1 is 1.09 bits per heavy atom. The molecular formula is C26H27N3O3S. The van der Waals surface area contributed by atoms with Crippen LogP contribution in [0.4, 0.5) is 4.79 Å². The third kappa shape index (κ3) is 4.59. The summed E-state index contributed by atoms with van der Waals surface area (Å²) in [6.07, 6.45) is 3.47. The lowest BCUT2D eigenvalue weighted by molar-refractivity contribution is 0.0735. The molecule has 2 aromatic heterocycles. The van der Waals surface area contributed by atoms with Crippen molar-refractivity contribution in [3.63, 3.8) is 0 Å². The Morgan fingerprint density at radius 3 is 2.61 bits per heavy atom. The number of nitrogens with zero attached hydrogens (tertiary/aromatic N) is 3. The third-order valence-electron chi connectivity index (χ3n) is 6.08. The number of aromatic nitrogens is 2. The molecule has 6 nitrogen and oxygen atoms in total. The number of hydrogen-bond acceptors (Lipinski definition) is 5. The van der Waals surface area contributed by atoms with Crippen LogP contribution in [-0.4, -0.2) is 40.6 Å². The number of thiophene rings is 1. The average Bonchev–Trinajstić information content (AvgIpc) is 3.47. The first-order valence-electron chi connectivity index (χ1n) is 11.4. The van der Waals surface area contributed by atoms with Gasteiger partial charge in [-0.25, -0.2) is 4.79 Å². The van der Waals surface area contributed by atoms with Crippen LogP contribution in [0.15, 0.2) is 66.9 Å². The summed E-state index contributed by atoms with van der Waals surface area (Å²) in [7, 11) is 0. The summed E-state index contributed by atoms with van der Waals surface area (Å²) in [6, 6.07) is 20.8. The van der Waals surface area contributed by atoms with E-state index in [4.69, 9.17) is 9.57 Å². The molecule has 170 valence electrons. The molecule has 0 saturated carbocycles. The molecule has 3 heterocycles. The molecule has 0 spiro atoms. The lowest BCUT2D eigenvalue weighted by Gasteiger charge is -2.31. The smallest absolute Gasteiger partial charge is 0.409 e. The first-order valence-corrected chi connectivity index (χ1v) is 12.2. The fraction of sp³-hybridized carbons (Fsp3) is 0.308. The van der Waals surface area contributed by atoms with Crippen LogP contribution < -0.4 is 4.84 Å². The van der Waals surface area contributed by atoms with Gasteiger partial charge in [-0.05, 0) is 48.8 Å². The zero-order valence-corrected chi connectivity index (χ0v) is 19.5. The zero-order chi connectivity index (χ0) is 22.6. The van der Waals surface area contributed by atoms with Gasteiger partial charge in [0.2, 0.25) is 0 Å².